The molecule has 1 aliphatic carbocycles. The molecule has 1 atom stereocenters. The van der Waals surface area contributed by atoms with Crippen molar-refractivity contribution in [2.45, 2.75) is 31.7 Å². The van der Waals surface area contributed by atoms with Crippen LogP contribution in [0, 0.1) is 0 Å². The molecule has 1 unspecified atom stereocenters. The number of fused-ring (bicyclic) bond motifs is 1. The standard InChI is InChI=1S/C20H24N2O3S/c1-26(24,25)21-14-13-15-9-11-17(12-10-15)20(23)22-19-8-4-6-16-5-2-3-7-18(16)19/h2-3,5,7,9-12,19,21H,4,6,8,13-14H2,1H3,(H,22,23). The average Bonchev–Trinajstić information content (AvgIpc) is 2.61. The smallest absolute Gasteiger partial charge is 0.251 e. The topological polar surface area (TPSA) is 75.3 Å². The zero-order valence-corrected chi connectivity index (χ0v) is 15.7. The maximum atomic E-state index is 12.6. The maximum absolute atomic E-state index is 12.6. The maximum Gasteiger partial charge on any atom is 0.251 e. The highest BCUT2D eigenvalue weighted by molar-refractivity contribution is 7.88. The first-order valence-electron chi connectivity index (χ1n) is 8.84. The number of aryl methyl sites for hydroxylation is 1. The normalized spacial score (nSPS) is 16.7. The van der Waals surface area contributed by atoms with E-state index in [1.54, 1.807) is 12.1 Å². The van der Waals surface area contributed by atoms with Gasteiger partial charge >= 0.3 is 0 Å². The molecule has 26 heavy (non-hydrogen) atoms. The van der Waals surface area contributed by atoms with Gasteiger partial charge in [0.15, 0.2) is 0 Å². The van der Waals surface area contributed by atoms with E-state index in [9.17, 15) is 13.2 Å². The molecule has 1 amide bonds. The molecule has 0 saturated heterocycles. The summed E-state index contributed by atoms with van der Waals surface area (Å²) in [7, 11) is -3.17. The lowest BCUT2D eigenvalue weighted by Gasteiger charge is -2.26. The Balaban J connectivity index is 1.61. The molecule has 2 N–H and O–H groups in total. The van der Waals surface area contributed by atoms with Crippen molar-refractivity contribution in [2.75, 3.05) is 12.8 Å². The zero-order valence-electron chi connectivity index (χ0n) is 14.9. The summed E-state index contributed by atoms with van der Waals surface area (Å²) in [4.78, 5) is 12.6. The van der Waals surface area contributed by atoms with Crippen molar-refractivity contribution in [3.05, 3.63) is 70.8 Å². The minimum Gasteiger partial charge on any atom is -0.345 e. The summed E-state index contributed by atoms with van der Waals surface area (Å²) in [6.45, 7) is 0.350. The number of carbonyl (C=O) groups is 1. The minimum absolute atomic E-state index is 0.0612. The molecule has 5 nitrogen and oxygen atoms in total. The predicted octanol–water partition coefficient (Wildman–Crippen LogP) is 2.59. The molecule has 0 spiro atoms. The third-order valence-corrected chi connectivity index (χ3v) is 5.40. The first kappa shape index (κ1) is 18.6. The van der Waals surface area contributed by atoms with Crippen molar-refractivity contribution in [1.29, 1.82) is 0 Å². The van der Waals surface area contributed by atoms with Gasteiger partial charge in [-0.05, 0) is 54.5 Å². The second kappa shape index (κ2) is 8.01. The third-order valence-electron chi connectivity index (χ3n) is 4.67. The Morgan fingerprint density at radius 3 is 2.58 bits per heavy atom. The monoisotopic (exact) mass is 372 g/mol. The highest BCUT2D eigenvalue weighted by atomic mass is 32.2. The Morgan fingerprint density at radius 1 is 1.12 bits per heavy atom. The van der Waals surface area contributed by atoms with E-state index in [4.69, 9.17) is 0 Å². The van der Waals surface area contributed by atoms with E-state index in [1.807, 2.05) is 24.3 Å². The molecule has 138 valence electrons. The quantitative estimate of drug-likeness (QED) is 0.818. The number of amides is 1. The highest BCUT2D eigenvalue weighted by Crippen LogP contribution is 2.29. The summed E-state index contributed by atoms with van der Waals surface area (Å²) in [5, 5.41) is 3.14. The summed E-state index contributed by atoms with van der Waals surface area (Å²) in [5.41, 5.74) is 4.14. The molecule has 0 radical (unpaired) electrons. The van der Waals surface area contributed by atoms with E-state index in [1.165, 1.54) is 11.1 Å². The van der Waals surface area contributed by atoms with Crippen LogP contribution >= 0.6 is 0 Å². The van der Waals surface area contributed by atoms with Gasteiger partial charge in [-0.15, -0.1) is 0 Å². The fourth-order valence-corrected chi connectivity index (χ4v) is 3.82. The van der Waals surface area contributed by atoms with Gasteiger partial charge in [-0.3, -0.25) is 4.79 Å². The molecule has 0 aromatic heterocycles. The summed E-state index contributed by atoms with van der Waals surface area (Å²) < 4.78 is 24.6. The Kier molecular flexibility index (Phi) is 5.74. The van der Waals surface area contributed by atoms with Crippen LogP contribution in [0.15, 0.2) is 48.5 Å². The summed E-state index contributed by atoms with van der Waals surface area (Å²) in [6.07, 6.45) is 4.83. The lowest BCUT2D eigenvalue weighted by molar-refractivity contribution is 0.0932. The Morgan fingerprint density at radius 2 is 1.85 bits per heavy atom. The van der Waals surface area contributed by atoms with Crippen LogP contribution in [-0.2, 0) is 22.9 Å². The first-order chi connectivity index (χ1) is 12.4. The van der Waals surface area contributed by atoms with Crippen molar-refractivity contribution >= 4 is 15.9 Å². The average molecular weight is 372 g/mol. The largest absolute Gasteiger partial charge is 0.345 e. The molecule has 0 saturated carbocycles. The number of hydrogen-bond donors (Lipinski definition) is 2. The fourth-order valence-electron chi connectivity index (χ4n) is 3.35. The van der Waals surface area contributed by atoms with E-state index in [-0.39, 0.29) is 11.9 Å². The molecule has 2 aromatic rings. The van der Waals surface area contributed by atoms with E-state index in [0.29, 0.717) is 18.5 Å². The van der Waals surface area contributed by atoms with Crippen LogP contribution in [0.3, 0.4) is 0 Å². The Hall–Kier alpha value is -2.18. The van der Waals surface area contributed by atoms with Crippen LogP contribution in [0.4, 0.5) is 0 Å². The van der Waals surface area contributed by atoms with Gasteiger partial charge in [0.05, 0.1) is 12.3 Å². The second-order valence-corrected chi connectivity index (χ2v) is 8.56. The zero-order chi connectivity index (χ0) is 18.6. The second-order valence-electron chi connectivity index (χ2n) is 6.73. The van der Waals surface area contributed by atoms with Crippen LogP contribution in [-0.4, -0.2) is 27.1 Å². The lowest BCUT2D eigenvalue weighted by atomic mass is 9.87. The van der Waals surface area contributed by atoms with Crippen molar-refractivity contribution in [2.24, 2.45) is 0 Å². The Bertz CT molecular complexity index is 876. The SMILES string of the molecule is CS(=O)(=O)NCCc1ccc(C(=O)NC2CCCc3ccccc32)cc1. The van der Waals surface area contributed by atoms with Gasteiger partial charge in [-0.1, -0.05) is 36.4 Å². The van der Waals surface area contributed by atoms with Gasteiger partial charge < -0.3 is 5.32 Å². The van der Waals surface area contributed by atoms with Crippen molar-refractivity contribution in [3.8, 4) is 0 Å². The number of carbonyl (C=O) groups excluding carboxylic acids is 1. The van der Waals surface area contributed by atoms with E-state index >= 15 is 0 Å². The molecule has 1 aliphatic rings. The van der Waals surface area contributed by atoms with Gasteiger partial charge in [0.1, 0.15) is 0 Å². The molecular formula is C20H24N2O3S. The molecule has 6 heteroatoms. The molecule has 0 fully saturated rings. The van der Waals surface area contributed by atoms with E-state index in [0.717, 1.165) is 31.1 Å². The van der Waals surface area contributed by atoms with Crippen LogP contribution in [0.1, 0.15) is 45.9 Å². The van der Waals surface area contributed by atoms with Crippen molar-refractivity contribution < 1.29 is 13.2 Å². The Labute approximate surface area is 154 Å². The molecular weight excluding hydrogens is 348 g/mol. The van der Waals surface area contributed by atoms with E-state index < -0.39 is 10.0 Å². The highest BCUT2D eigenvalue weighted by Gasteiger charge is 2.21. The van der Waals surface area contributed by atoms with Crippen molar-refractivity contribution in [3.63, 3.8) is 0 Å². The van der Waals surface area contributed by atoms with Gasteiger partial charge in [-0.25, -0.2) is 13.1 Å². The minimum atomic E-state index is -3.17. The van der Waals surface area contributed by atoms with Gasteiger partial charge in [0.2, 0.25) is 10.0 Å². The first-order valence-corrected chi connectivity index (χ1v) is 10.7. The fraction of sp³-hybridized carbons (Fsp3) is 0.350. The number of hydrogen-bond acceptors (Lipinski definition) is 3. The number of sulfonamides is 1. The molecule has 0 heterocycles. The molecule has 3 rings (SSSR count). The number of rotatable bonds is 6. The van der Waals surface area contributed by atoms with Gasteiger partial charge in [0.25, 0.3) is 5.91 Å². The van der Waals surface area contributed by atoms with Crippen LogP contribution in [0.5, 0.6) is 0 Å². The van der Waals surface area contributed by atoms with Gasteiger partial charge in [-0.2, -0.15) is 0 Å². The summed E-state index contributed by atoms with van der Waals surface area (Å²) >= 11 is 0. The molecule has 2 aromatic carbocycles. The number of nitrogens with one attached hydrogen (secondary N) is 2. The van der Waals surface area contributed by atoms with Crippen LogP contribution in [0.2, 0.25) is 0 Å². The van der Waals surface area contributed by atoms with Crippen molar-refractivity contribution in [1.82, 2.24) is 10.0 Å². The summed E-state index contributed by atoms with van der Waals surface area (Å²) in [6, 6.07) is 15.7. The van der Waals surface area contributed by atoms with Crippen LogP contribution < -0.4 is 10.0 Å². The van der Waals surface area contributed by atoms with Gasteiger partial charge in [0, 0.05) is 12.1 Å². The van der Waals surface area contributed by atoms with Crippen LogP contribution in [0.25, 0.3) is 0 Å². The predicted molar refractivity (Wildman–Crippen MR) is 103 cm³/mol. The molecule has 0 aliphatic heterocycles. The molecule has 0 bridgehead atoms. The third kappa shape index (κ3) is 4.93. The number of benzene rings is 2. The van der Waals surface area contributed by atoms with E-state index in [2.05, 4.69) is 22.2 Å². The summed E-state index contributed by atoms with van der Waals surface area (Å²) in [5.74, 6) is -0.0764. The lowest BCUT2D eigenvalue weighted by Crippen LogP contribution is -2.31.